The van der Waals surface area contributed by atoms with E-state index in [1.165, 1.54) is 7.11 Å². The van der Waals surface area contributed by atoms with Gasteiger partial charge in [0.15, 0.2) is 0 Å². The van der Waals surface area contributed by atoms with Gasteiger partial charge in [0.1, 0.15) is 6.04 Å². The number of benzene rings is 1. The molecule has 4 heterocycles. The molecule has 1 aliphatic rings. The van der Waals surface area contributed by atoms with Crippen LogP contribution < -0.4 is 0 Å². The number of ether oxygens (including phenoxy) is 1. The third kappa shape index (κ3) is 4.84. The summed E-state index contributed by atoms with van der Waals surface area (Å²) < 4.78 is 7.32. The minimum absolute atomic E-state index is 0.111. The number of hydrogen-bond donors (Lipinski definition) is 1. The minimum atomic E-state index is -0.721. The van der Waals surface area contributed by atoms with Crippen LogP contribution in [0.5, 0.6) is 0 Å². The van der Waals surface area contributed by atoms with Crippen molar-refractivity contribution >= 4 is 45.9 Å². The molecule has 0 aliphatic carbocycles. The van der Waals surface area contributed by atoms with Crippen LogP contribution in [0.4, 0.5) is 0 Å². The molecule has 0 unspecified atom stereocenters. The zero-order valence-electron chi connectivity index (χ0n) is 20.8. The first kappa shape index (κ1) is 25.3. The highest BCUT2D eigenvalue weighted by atomic mass is 35.5. The van der Waals surface area contributed by atoms with E-state index in [1.54, 1.807) is 40.4 Å². The van der Waals surface area contributed by atoms with Gasteiger partial charge in [0.25, 0.3) is 5.91 Å². The van der Waals surface area contributed by atoms with Crippen LogP contribution in [0.1, 0.15) is 27.4 Å². The van der Waals surface area contributed by atoms with Gasteiger partial charge < -0.3 is 24.1 Å². The monoisotopic (exact) mass is 539 g/mol. The van der Waals surface area contributed by atoms with Gasteiger partial charge in [0.2, 0.25) is 5.91 Å². The van der Waals surface area contributed by atoms with Crippen LogP contribution in [-0.4, -0.2) is 69.0 Å². The van der Waals surface area contributed by atoms with E-state index in [1.807, 2.05) is 36.6 Å². The predicted molar refractivity (Wildman–Crippen MR) is 143 cm³/mol. The van der Waals surface area contributed by atoms with Crippen LogP contribution in [0.25, 0.3) is 16.6 Å². The molecule has 0 bridgehead atoms. The number of nitrogens with one attached hydrogen (secondary N) is 1. The molecular weight excluding hydrogens is 513 g/mol. The first-order valence-corrected chi connectivity index (χ1v) is 12.7. The second-order valence-corrected chi connectivity index (χ2v) is 10.1. The Morgan fingerprint density at radius 3 is 2.59 bits per heavy atom. The SMILES string of the molecule is COC[C@H]1C(=O)N(Cc2cc3cnccc3[nH]2)CCN1C(=O)c1cc(C)n(-c2cc(Cl)cc(Cl)c2)c1C. The van der Waals surface area contributed by atoms with Crippen LogP contribution in [0, 0.1) is 13.8 Å². The number of pyridine rings is 1. The lowest BCUT2D eigenvalue weighted by Crippen LogP contribution is -2.60. The van der Waals surface area contributed by atoms with Crippen molar-refractivity contribution in [3.63, 3.8) is 0 Å². The molecule has 0 spiro atoms. The average molecular weight is 540 g/mol. The zero-order valence-corrected chi connectivity index (χ0v) is 22.3. The Morgan fingerprint density at radius 1 is 1.14 bits per heavy atom. The molecule has 1 atom stereocenters. The summed E-state index contributed by atoms with van der Waals surface area (Å²) in [5.74, 6) is -0.354. The number of rotatable bonds is 6. The van der Waals surface area contributed by atoms with Crippen molar-refractivity contribution < 1.29 is 14.3 Å². The van der Waals surface area contributed by atoms with Crippen LogP contribution in [0.2, 0.25) is 10.0 Å². The summed E-state index contributed by atoms with van der Waals surface area (Å²) in [5.41, 5.74) is 4.79. The van der Waals surface area contributed by atoms with E-state index in [0.717, 1.165) is 33.7 Å². The number of aryl methyl sites for hydroxylation is 1. The number of carbonyl (C=O) groups is 2. The van der Waals surface area contributed by atoms with E-state index in [4.69, 9.17) is 27.9 Å². The molecule has 1 N–H and O–H groups in total. The molecule has 8 nitrogen and oxygen atoms in total. The van der Waals surface area contributed by atoms with E-state index in [2.05, 4.69) is 9.97 Å². The number of H-pyrrole nitrogens is 1. The number of halogens is 2. The molecule has 3 aromatic heterocycles. The Balaban J connectivity index is 1.40. The second kappa shape index (κ2) is 10.2. The first-order valence-electron chi connectivity index (χ1n) is 11.9. The van der Waals surface area contributed by atoms with Crippen molar-refractivity contribution in [3.8, 4) is 5.69 Å². The molecule has 1 aromatic carbocycles. The number of hydrogen-bond acceptors (Lipinski definition) is 4. The van der Waals surface area contributed by atoms with Gasteiger partial charge >= 0.3 is 0 Å². The van der Waals surface area contributed by atoms with Crippen molar-refractivity contribution in [2.45, 2.75) is 26.4 Å². The highest BCUT2D eigenvalue weighted by Crippen LogP contribution is 2.28. The molecule has 2 amide bonds. The van der Waals surface area contributed by atoms with Gasteiger partial charge in [0.05, 0.1) is 18.7 Å². The summed E-state index contributed by atoms with van der Waals surface area (Å²) in [6, 6.07) is 10.3. The molecule has 1 aliphatic heterocycles. The van der Waals surface area contributed by atoms with Crippen LogP contribution in [-0.2, 0) is 16.1 Å². The number of aromatic nitrogens is 3. The lowest BCUT2D eigenvalue weighted by Gasteiger charge is -2.40. The highest BCUT2D eigenvalue weighted by Gasteiger charge is 2.38. The Morgan fingerprint density at radius 2 is 1.89 bits per heavy atom. The van der Waals surface area contributed by atoms with E-state index in [9.17, 15) is 9.59 Å². The van der Waals surface area contributed by atoms with Gasteiger partial charge in [-0.1, -0.05) is 23.2 Å². The van der Waals surface area contributed by atoms with E-state index < -0.39 is 6.04 Å². The van der Waals surface area contributed by atoms with Crippen molar-refractivity contribution in [1.29, 1.82) is 0 Å². The topological polar surface area (TPSA) is 83.5 Å². The smallest absolute Gasteiger partial charge is 0.256 e. The summed E-state index contributed by atoms with van der Waals surface area (Å²) in [6.45, 7) is 5.14. The second-order valence-electron chi connectivity index (χ2n) is 9.23. The summed E-state index contributed by atoms with van der Waals surface area (Å²) in [6.07, 6.45) is 3.51. The fourth-order valence-corrected chi connectivity index (χ4v) is 5.60. The number of nitrogens with zero attached hydrogens (tertiary/aromatic N) is 4. The van der Waals surface area contributed by atoms with Gasteiger partial charge in [0, 0.05) is 76.3 Å². The normalized spacial score (nSPS) is 16.1. The Hall–Kier alpha value is -3.33. The van der Waals surface area contributed by atoms with E-state index >= 15 is 0 Å². The number of fused-ring (bicyclic) bond motifs is 1. The lowest BCUT2D eigenvalue weighted by atomic mass is 10.1. The van der Waals surface area contributed by atoms with Gasteiger partial charge in [-0.25, -0.2) is 0 Å². The molecule has 1 saturated heterocycles. The molecule has 5 rings (SSSR count). The highest BCUT2D eigenvalue weighted by molar-refractivity contribution is 6.34. The van der Waals surface area contributed by atoms with Crippen molar-refractivity contribution in [1.82, 2.24) is 24.3 Å². The predicted octanol–water partition coefficient (Wildman–Crippen LogP) is 4.78. The maximum atomic E-state index is 13.8. The molecule has 37 heavy (non-hydrogen) atoms. The van der Waals surface area contributed by atoms with Gasteiger partial charge in [-0.3, -0.25) is 14.6 Å². The summed E-state index contributed by atoms with van der Waals surface area (Å²) in [7, 11) is 1.54. The molecule has 0 saturated carbocycles. The fraction of sp³-hybridized carbons (Fsp3) is 0.296. The number of carbonyl (C=O) groups excluding carboxylic acids is 2. The largest absolute Gasteiger partial charge is 0.382 e. The summed E-state index contributed by atoms with van der Waals surface area (Å²) >= 11 is 12.5. The van der Waals surface area contributed by atoms with Gasteiger partial charge in [-0.15, -0.1) is 0 Å². The fourth-order valence-electron chi connectivity index (χ4n) is 5.08. The third-order valence-electron chi connectivity index (χ3n) is 6.77. The van der Waals surface area contributed by atoms with Crippen molar-refractivity contribution in [3.05, 3.63) is 81.5 Å². The van der Waals surface area contributed by atoms with Crippen molar-refractivity contribution in [2.75, 3.05) is 26.8 Å². The standard InChI is InChI=1S/C27H27Cl2N5O3/c1-16-8-23(17(2)34(16)22-11-19(28)10-20(29)12-22)26(35)33-7-6-32(27(36)25(33)15-37-3)14-21-9-18-13-30-5-4-24(18)31-21/h4-5,8-13,25,31H,6-7,14-15H2,1-3H3/t25-/m0/s1. The molecule has 10 heteroatoms. The zero-order chi connectivity index (χ0) is 26.3. The molecular formula is C27H27Cl2N5O3. The van der Waals surface area contributed by atoms with Gasteiger partial charge in [-0.2, -0.15) is 0 Å². The van der Waals surface area contributed by atoms with Crippen molar-refractivity contribution in [2.24, 2.45) is 0 Å². The first-order chi connectivity index (χ1) is 17.8. The van der Waals surface area contributed by atoms with Crippen LogP contribution in [0.3, 0.4) is 0 Å². The van der Waals surface area contributed by atoms with Crippen LogP contribution >= 0.6 is 23.2 Å². The number of methoxy groups -OCH3 is 1. The molecule has 1 fully saturated rings. The summed E-state index contributed by atoms with van der Waals surface area (Å²) in [4.78, 5) is 38.2. The molecule has 192 valence electrons. The maximum Gasteiger partial charge on any atom is 0.256 e. The number of aromatic amines is 1. The van der Waals surface area contributed by atoms with E-state index in [0.29, 0.717) is 35.2 Å². The number of amides is 2. The number of piperazine rings is 1. The molecule has 4 aromatic rings. The van der Waals surface area contributed by atoms with Gasteiger partial charge in [-0.05, 0) is 50.2 Å². The van der Waals surface area contributed by atoms with Crippen LogP contribution in [0.15, 0.2) is 48.8 Å². The summed E-state index contributed by atoms with van der Waals surface area (Å²) in [5, 5.41) is 2.01. The Labute approximate surface area is 224 Å². The average Bonchev–Trinajstić information content (AvgIpc) is 3.40. The Bertz CT molecular complexity index is 1440. The quantitative estimate of drug-likeness (QED) is 0.382. The molecule has 0 radical (unpaired) electrons. The lowest BCUT2D eigenvalue weighted by molar-refractivity contribution is -0.143. The van der Waals surface area contributed by atoms with E-state index in [-0.39, 0.29) is 18.4 Å². The Kier molecular flexibility index (Phi) is 6.98. The maximum absolute atomic E-state index is 13.8. The minimum Gasteiger partial charge on any atom is -0.382 e. The third-order valence-corrected chi connectivity index (χ3v) is 7.21.